The van der Waals surface area contributed by atoms with E-state index in [4.69, 9.17) is 0 Å². The van der Waals surface area contributed by atoms with Gasteiger partial charge in [0.1, 0.15) is 0 Å². The van der Waals surface area contributed by atoms with Crippen molar-refractivity contribution < 1.29 is 0 Å². The molecule has 1 atom stereocenters. The lowest BCUT2D eigenvalue weighted by Crippen LogP contribution is -2.16. The van der Waals surface area contributed by atoms with Crippen LogP contribution in [0.2, 0.25) is 0 Å². The molecular weight excluding hydrogens is 358 g/mol. The van der Waals surface area contributed by atoms with Gasteiger partial charge in [-0.15, -0.1) is 0 Å². The van der Waals surface area contributed by atoms with Crippen LogP contribution in [0, 0.1) is 0 Å². The summed E-state index contributed by atoms with van der Waals surface area (Å²) in [5.41, 5.74) is 5.57. The molecule has 24 heavy (non-hydrogen) atoms. The molecule has 2 heteroatoms. The third-order valence-corrected chi connectivity index (χ3v) is 6.01. The lowest BCUT2D eigenvalue weighted by molar-refractivity contribution is 0.663. The molecule has 0 radical (unpaired) electrons. The Bertz CT molecular complexity index is 1240. The number of halogens is 1. The monoisotopic (exact) mass is 371 g/mol. The number of aromatic nitrogens is 1. The lowest BCUT2D eigenvalue weighted by atomic mass is 9.85. The van der Waals surface area contributed by atoms with Crippen molar-refractivity contribution in [3.63, 3.8) is 0 Å². The molecule has 1 nitrogen and oxygen atoms in total. The van der Waals surface area contributed by atoms with Crippen LogP contribution >= 0.6 is 15.9 Å². The number of fused-ring (bicyclic) bond motifs is 6. The average Bonchev–Trinajstić information content (AvgIpc) is 2.95. The van der Waals surface area contributed by atoms with Crippen LogP contribution in [0.5, 0.6) is 0 Å². The maximum Gasteiger partial charge on any atom is 0.0632 e. The standard InChI is InChI=1S/C22H14BrN/c23-14-9-11-16-18-10-8-13-4-3-6-17-15-5-1-2-7-19(15)24(20(16)12-14)22(18)21(13)17/h1-6,8-12,19H,7H2. The Morgan fingerprint density at radius 2 is 1.92 bits per heavy atom. The highest BCUT2D eigenvalue weighted by molar-refractivity contribution is 9.10. The normalized spacial score (nSPS) is 18.5. The molecule has 114 valence electrons. The van der Waals surface area contributed by atoms with E-state index in [1.54, 1.807) is 0 Å². The first-order valence-electron chi connectivity index (χ1n) is 8.35. The van der Waals surface area contributed by atoms with Crippen LogP contribution in [0.25, 0.3) is 38.2 Å². The predicted molar refractivity (Wildman–Crippen MR) is 105 cm³/mol. The Morgan fingerprint density at radius 3 is 2.88 bits per heavy atom. The van der Waals surface area contributed by atoms with Gasteiger partial charge in [0.2, 0.25) is 0 Å². The van der Waals surface area contributed by atoms with Crippen molar-refractivity contribution in [1.82, 2.24) is 4.57 Å². The van der Waals surface area contributed by atoms with Crippen LogP contribution in [0.15, 0.2) is 71.2 Å². The van der Waals surface area contributed by atoms with Gasteiger partial charge < -0.3 is 4.57 Å². The minimum Gasteiger partial charge on any atom is -0.332 e. The fraction of sp³-hybridized carbons (Fsp3) is 0.0909. The summed E-state index contributed by atoms with van der Waals surface area (Å²) in [6.45, 7) is 0. The second-order valence-electron chi connectivity index (χ2n) is 6.70. The molecule has 1 aromatic heterocycles. The number of allylic oxidation sites excluding steroid dienone is 4. The highest BCUT2D eigenvalue weighted by atomic mass is 79.9. The molecule has 0 N–H and O–H groups in total. The molecule has 0 fully saturated rings. The van der Waals surface area contributed by atoms with Gasteiger partial charge in [0.05, 0.1) is 17.1 Å². The van der Waals surface area contributed by atoms with Crippen molar-refractivity contribution in [2.24, 2.45) is 0 Å². The molecule has 0 bridgehead atoms. The van der Waals surface area contributed by atoms with Crippen LogP contribution in [0.1, 0.15) is 18.0 Å². The topological polar surface area (TPSA) is 4.93 Å². The zero-order chi connectivity index (χ0) is 15.8. The zero-order valence-electron chi connectivity index (χ0n) is 13.0. The number of nitrogens with zero attached hydrogens (tertiary/aromatic N) is 1. The average molecular weight is 372 g/mol. The van der Waals surface area contributed by atoms with Crippen LogP contribution in [-0.4, -0.2) is 4.57 Å². The van der Waals surface area contributed by atoms with E-state index >= 15 is 0 Å². The van der Waals surface area contributed by atoms with Crippen LogP contribution in [0.3, 0.4) is 0 Å². The van der Waals surface area contributed by atoms with Gasteiger partial charge in [-0.2, -0.15) is 0 Å². The summed E-state index contributed by atoms with van der Waals surface area (Å²) in [4.78, 5) is 0. The molecule has 6 rings (SSSR count). The summed E-state index contributed by atoms with van der Waals surface area (Å²) in [5.74, 6) is 0. The van der Waals surface area contributed by atoms with Gasteiger partial charge in [-0.25, -0.2) is 0 Å². The van der Waals surface area contributed by atoms with Gasteiger partial charge in [-0.1, -0.05) is 70.6 Å². The molecule has 2 heterocycles. The highest BCUT2D eigenvalue weighted by Gasteiger charge is 2.29. The highest BCUT2D eigenvalue weighted by Crippen LogP contribution is 2.49. The van der Waals surface area contributed by atoms with Gasteiger partial charge in [0, 0.05) is 20.6 Å². The van der Waals surface area contributed by atoms with Gasteiger partial charge in [-0.05, 0) is 35.1 Å². The van der Waals surface area contributed by atoms with E-state index in [-0.39, 0.29) is 0 Å². The maximum atomic E-state index is 3.66. The molecular formula is C22H14BrN. The Hall–Kier alpha value is -2.32. The quantitative estimate of drug-likeness (QED) is 0.327. The number of benzene rings is 3. The first-order valence-corrected chi connectivity index (χ1v) is 9.14. The summed E-state index contributed by atoms with van der Waals surface area (Å²) in [7, 11) is 0. The number of rotatable bonds is 0. The van der Waals surface area contributed by atoms with Gasteiger partial charge in [0.25, 0.3) is 0 Å². The lowest BCUT2D eigenvalue weighted by Gasteiger charge is -2.31. The fourth-order valence-electron chi connectivity index (χ4n) is 4.58. The minimum atomic E-state index is 0.393. The maximum absolute atomic E-state index is 3.66. The van der Waals surface area contributed by atoms with Crippen molar-refractivity contribution in [2.45, 2.75) is 12.5 Å². The Kier molecular flexibility index (Phi) is 2.39. The van der Waals surface area contributed by atoms with Crippen LogP contribution in [-0.2, 0) is 0 Å². The second kappa shape index (κ2) is 4.40. The van der Waals surface area contributed by atoms with E-state index in [0.717, 1.165) is 10.9 Å². The van der Waals surface area contributed by atoms with Crippen molar-refractivity contribution in [1.29, 1.82) is 0 Å². The summed E-state index contributed by atoms with van der Waals surface area (Å²) >= 11 is 3.66. The minimum absolute atomic E-state index is 0.393. The van der Waals surface area contributed by atoms with Crippen LogP contribution in [0.4, 0.5) is 0 Å². The van der Waals surface area contributed by atoms with Crippen molar-refractivity contribution in [3.05, 3.63) is 76.8 Å². The Labute approximate surface area is 148 Å². The van der Waals surface area contributed by atoms with E-state index in [1.165, 1.54) is 43.7 Å². The Balaban J connectivity index is 1.97. The molecule has 2 aliphatic rings. The van der Waals surface area contributed by atoms with E-state index in [9.17, 15) is 0 Å². The zero-order valence-corrected chi connectivity index (χ0v) is 14.5. The molecule has 0 amide bonds. The van der Waals surface area contributed by atoms with E-state index in [2.05, 4.69) is 87.3 Å². The second-order valence-corrected chi connectivity index (χ2v) is 7.61. The number of hydrogen-bond donors (Lipinski definition) is 0. The molecule has 0 spiro atoms. The first kappa shape index (κ1) is 13.0. The van der Waals surface area contributed by atoms with Crippen molar-refractivity contribution in [2.75, 3.05) is 0 Å². The third kappa shape index (κ3) is 1.46. The van der Waals surface area contributed by atoms with Gasteiger partial charge >= 0.3 is 0 Å². The Morgan fingerprint density at radius 1 is 1.00 bits per heavy atom. The molecule has 1 aliphatic heterocycles. The molecule has 0 saturated carbocycles. The molecule has 4 aromatic rings. The molecule has 3 aromatic carbocycles. The first-order chi connectivity index (χ1) is 11.8. The van der Waals surface area contributed by atoms with Crippen LogP contribution < -0.4 is 0 Å². The van der Waals surface area contributed by atoms with E-state index < -0.39 is 0 Å². The predicted octanol–water partition coefficient (Wildman–Crippen LogP) is 6.61. The summed E-state index contributed by atoms with van der Waals surface area (Å²) in [5, 5.41) is 5.45. The third-order valence-electron chi connectivity index (χ3n) is 5.52. The smallest absolute Gasteiger partial charge is 0.0632 e. The summed E-state index contributed by atoms with van der Waals surface area (Å²) in [6, 6.07) is 18.3. The van der Waals surface area contributed by atoms with E-state index in [1.807, 2.05) is 0 Å². The van der Waals surface area contributed by atoms with Crippen molar-refractivity contribution >= 4 is 54.1 Å². The largest absolute Gasteiger partial charge is 0.332 e. The number of hydrogen-bond acceptors (Lipinski definition) is 0. The molecule has 1 aliphatic carbocycles. The summed E-state index contributed by atoms with van der Waals surface area (Å²) in [6.07, 6.45) is 7.85. The SMILES string of the molecule is Brc1ccc2c3ccc4cccc5c4c3n(c2c1)C1CC=CC=C51. The molecule has 1 unspecified atom stereocenters. The van der Waals surface area contributed by atoms with Gasteiger partial charge in [0.15, 0.2) is 0 Å². The molecule has 0 saturated heterocycles. The van der Waals surface area contributed by atoms with Gasteiger partial charge in [-0.3, -0.25) is 0 Å². The summed E-state index contributed by atoms with van der Waals surface area (Å²) < 4.78 is 3.71. The van der Waals surface area contributed by atoms with Crippen molar-refractivity contribution in [3.8, 4) is 0 Å². The fourth-order valence-corrected chi connectivity index (χ4v) is 4.92. The van der Waals surface area contributed by atoms with E-state index in [0.29, 0.717) is 6.04 Å².